The molecule has 0 amide bonds. The number of hydrogen-bond donors (Lipinski definition) is 2. The van der Waals surface area contributed by atoms with Gasteiger partial charge in [-0.1, -0.05) is 13.8 Å². The maximum Gasteiger partial charge on any atom is 0.170 e. The molecule has 4 heteroatoms. The Morgan fingerprint density at radius 3 is 2.64 bits per heavy atom. The molecule has 0 aliphatic carbocycles. The summed E-state index contributed by atoms with van der Waals surface area (Å²) in [7, 11) is 0. The van der Waals surface area contributed by atoms with Crippen LogP contribution in [0.5, 0.6) is 0 Å². The summed E-state index contributed by atoms with van der Waals surface area (Å²) >= 11 is 0. The molecule has 0 atom stereocenters. The summed E-state index contributed by atoms with van der Waals surface area (Å²) in [6, 6.07) is 0. The molecule has 0 aromatic carbocycles. The normalized spacial score (nSPS) is 12.0. The molecule has 0 aliphatic rings. The first kappa shape index (κ1) is 11.2. The van der Waals surface area contributed by atoms with Gasteiger partial charge in [-0.25, -0.2) is 4.98 Å². The van der Waals surface area contributed by atoms with Crippen molar-refractivity contribution in [2.45, 2.75) is 46.1 Å². The highest BCUT2D eigenvalue weighted by Gasteiger charge is 2.23. The number of H-pyrrole nitrogens is 1. The second-order valence-corrected chi connectivity index (χ2v) is 4.01. The average molecular weight is 196 g/mol. The van der Waals surface area contributed by atoms with Crippen molar-refractivity contribution in [3.63, 3.8) is 0 Å². The smallest absolute Gasteiger partial charge is 0.170 e. The summed E-state index contributed by atoms with van der Waals surface area (Å²) in [5.74, 6) is 1.83. The van der Waals surface area contributed by atoms with E-state index in [2.05, 4.69) is 48.2 Å². The van der Waals surface area contributed by atoms with Crippen molar-refractivity contribution in [2.75, 3.05) is 6.54 Å². The maximum absolute atomic E-state index is 4.46. The molecular formula is C10H20N4. The van der Waals surface area contributed by atoms with Gasteiger partial charge in [-0.15, -0.1) is 0 Å². The molecular weight excluding hydrogens is 176 g/mol. The number of nitrogens with zero attached hydrogens (tertiary/aromatic N) is 2. The molecule has 0 unspecified atom stereocenters. The third kappa shape index (κ3) is 2.54. The third-order valence-corrected chi connectivity index (χ3v) is 2.20. The minimum Gasteiger partial charge on any atom is -0.305 e. The van der Waals surface area contributed by atoms with Crippen molar-refractivity contribution in [3.8, 4) is 0 Å². The van der Waals surface area contributed by atoms with Gasteiger partial charge in [-0.2, -0.15) is 5.10 Å². The highest BCUT2D eigenvalue weighted by atomic mass is 15.2. The molecule has 0 fully saturated rings. The van der Waals surface area contributed by atoms with E-state index in [1.807, 2.05) is 0 Å². The number of aromatic nitrogens is 3. The monoisotopic (exact) mass is 196 g/mol. The van der Waals surface area contributed by atoms with Crippen LogP contribution < -0.4 is 5.32 Å². The molecule has 80 valence electrons. The van der Waals surface area contributed by atoms with Gasteiger partial charge in [-0.3, -0.25) is 5.10 Å². The SMILES string of the molecule is CCCc1nc(C(C)(C)NCC)n[nH]1. The van der Waals surface area contributed by atoms with Crippen molar-refractivity contribution in [3.05, 3.63) is 11.6 Å². The highest BCUT2D eigenvalue weighted by molar-refractivity contribution is 5.02. The Kier molecular flexibility index (Phi) is 3.63. The molecule has 0 saturated heterocycles. The summed E-state index contributed by atoms with van der Waals surface area (Å²) in [5, 5.41) is 10.5. The van der Waals surface area contributed by atoms with E-state index in [9.17, 15) is 0 Å². The molecule has 1 rings (SSSR count). The first-order valence-electron chi connectivity index (χ1n) is 5.27. The Morgan fingerprint density at radius 1 is 1.36 bits per heavy atom. The predicted octanol–water partition coefficient (Wildman–Crippen LogP) is 1.60. The van der Waals surface area contributed by atoms with Crippen molar-refractivity contribution < 1.29 is 0 Å². The first-order chi connectivity index (χ1) is 6.60. The predicted molar refractivity (Wildman–Crippen MR) is 57.1 cm³/mol. The van der Waals surface area contributed by atoms with Crippen LogP contribution in [0.25, 0.3) is 0 Å². The Hall–Kier alpha value is -0.900. The Bertz CT molecular complexity index is 277. The third-order valence-electron chi connectivity index (χ3n) is 2.20. The van der Waals surface area contributed by atoms with Crippen molar-refractivity contribution in [1.82, 2.24) is 20.5 Å². The summed E-state index contributed by atoms with van der Waals surface area (Å²) in [4.78, 5) is 4.46. The molecule has 2 N–H and O–H groups in total. The molecule has 0 radical (unpaired) electrons. The lowest BCUT2D eigenvalue weighted by Crippen LogP contribution is -2.37. The number of rotatable bonds is 5. The van der Waals surface area contributed by atoms with Crippen molar-refractivity contribution >= 4 is 0 Å². The van der Waals surface area contributed by atoms with Crippen LogP contribution in [0, 0.1) is 0 Å². The molecule has 1 aromatic heterocycles. The minimum atomic E-state index is -0.142. The van der Waals surface area contributed by atoms with Crippen LogP contribution in [-0.4, -0.2) is 21.7 Å². The lowest BCUT2D eigenvalue weighted by atomic mass is 10.1. The van der Waals surface area contributed by atoms with Crippen LogP contribution in [-0.2, 0) is 12.0 Å². The van der Waals surface area contributed by atoms with E-state index in [0.717, 1.165) is 31.0 Å². The van der Waals surface area contributed by atoms with E-state index < -0.39 is 0 Å². The van der Waals surface area contributed by atoms with E-state index >= 15 is 0 Å². The van der Waals surface area contributed by atoms with Gasteiger partial charge in [0.1, 0.15) is 5.82 Å². The molecule has 0 aliphatic heterocycles. The number of aryl methyl sites for hydroxylation is 1. The molecule has 0 saturated carbocycles. The lowest BCUT2D eigenvalue weighted by Gasteiger charge is -2.21. The van der Waals surface area contributed by atoms with E-state index in [0.29, 0.717) is 0 Å². The van der Waals surface area contributed by atoms with Crippen LogP contribution in [0.1, 0.15) is 45.8 Å². The molecule has 4 nitrogen and oxygen atoms in total. The van der Waals surface area contributed by atoms with Gasteiger partial charge in [0.05, 0.1) is 5.54 Å². The molecule has 0 spiro atoms. The second kappa shape index (κ2) is 4.55. The van der Waals surface area contributed by atoms with Crippen LogP contribution >= 0.6 is 0 Å². The zero-order valence-corrected chi connectivity index (χ0v) is 9.52. The zero-order chi connectivity index (χ0) is 10.6. The Morgan fingerprint density at radius 2 is 2.07 bits per heavy atom. The van der Waals surface area contributed by atoms with Gasteiger partial charge in [0.25, 0.3) is 0 Å². The Balaban J connectivity index is 2.74. The minimum absolute atomic E-state index is 0.142. The fourth-order valence-corrected chi connectivity index (χ4v) is 1.44. The summed E-state index contributed by atoms with van der Waals surface area (Å²) in [6.45, 7) is 9.33. The summed E-state index contributed by atoms with van der Waals surface area (Å²) in [5.41, 5.74) is -0.142. The van der Waals surface area contributed by atoms with Gasteiger partial charge < -0.3 is 5.32 Å². The van der Waals surface area contributed by atoms with Crippen molar-refractivity contribution in [2.24, 2.45) is 0 Å². The van der Waals surface area contributed by atoms with E-state index in [4.69, 9.17) is 0 Å². The van der Waals surface area contributed by atoms with Gasteiger partial charge in [0.15, 0.2) is 5.82 Å². The van der Waals surface area contributed by atoms with E-state index in [1.54, 1.807) is 0 Å². The van der Waals surface area contributed by atoms with Crippen LogP contribution in [0.15, 0.2) is 0 Å². The number of nitrogens with one attached hydrogen (secondary N) is 2. The van der Waals surface area contributed by atoms with Crippen LogP contribution in [0.2, 0.25) is 0 Å². The maximum atomic E-state index is 4.46. The summed E-state index contributed by atoms with van der Waals surface area (Å²) < 4.78 is 0. The molecule has 1 heterocycles. The largest absolute Gasteiger partial charge is 0.305 e. The average Bonchev–Trinajstić information content (AvgIpc) is 2.54. The first-order valence-corrected chi connectivity index (χ1v) is 5.27. The lowest BCUT2D eigenvalue weighted by molar-refractivity contribution is 0.392. The molecule has 1 aromatic rings. The van der Waals surface area contributed by atoms with E-state index in [1.165, 1.54) is 0 Å². The Labute approximate surface area is 85.5 Å². The second-order valence-electron chi connectivity index (χ2n) is 4.01. The number of hydrogen-bond acceptors (Lipinski definition) is 3. The van der Waals surface area contributed by atoms with Gasteiger partial charge in [0, 0.05) is 6.42 Å². The van der Waals surface area contributed by atoms with Gasteiger partial charge in [0.2, 0.25) is 0 Å². The van der Waals surface area contributed by atoms with Crippen molar-refractivity contribution in [1.29, 1.82) is 0 Å². The quantitative estimate of drug-likeness (QED) is 0.752. The van der Waals surface area contributed by atoms with Crippen LogP contribution in [0.3, 0.4) is 0 Å². The van der Waals surface area contributed by atoms with Crippen LogP contribution in [0.4, 0.5) is 0 Å². The van der Waals surface area contributed by atoms with E-state index in [-0.39, 0.29) is 5.54 Å². The molecule has 0 bridgehead atoms. The topological polar surface area (TPSA) is 53.6 Å². The van der Waals surface area contributed by atoms with Gasteiger partial charge in [-0.05, 0) is 26.8 Å². The standard InChI is InChI=1S/C10H20N4/c1-5-7-8-12-9(14-13-8)10(3,4)11-6-2/h11H,5-7H2,1-4H3,(H,12,13,14). The fraction of sp³-hybridized carbons (Fsp3) is 0.800. The zero-order valence-electron chi connectivity index (χ0n) is 9.52. The summed E-state index contributed by atoms with van der Waals surface area (Å²) in [6.07, 6.45) is 2.06. The fourth-order valence-electron chi connectivity index (χ4n) is 1.44. The van der Waals surface area contributed by atoms with Gasteiger partial charge >= 0.3 is 0 Å². The molecule has 14 heavy (non-hydrogen) atoms. The highest BCUT2D eigenvalue weighted by Crippen LogP contribution is 2.15. The number of aromatic amines is 1.